The number of ether oxygens (including phenoxy) is 1. The van der Waals surface area contributed by atoms with E-state index in [-0.39, 0.29) is 0 Å². The summed E-state index contributed by atoms with van der Waals surface area (Å²) < 4.78 is 6.22. The van der Waals surface area contributed by atoms with Gasteiger partial charge in [-0.3, -0.25) is 4.98 Å². The van der Waals surface area contributed by atoms with E-state index in [9.17, 15) is 0 Å². The van der Waals surface area contributed by atoms with E-state index >= 15 is 0 Å². The molecule has 1 fully saturated rings. The Bertz CT molecular complexity index is 409. The van der Waals surface area contributed by atoms with Gasteiger partial charge in [-0.1, -0.05) is 13.8 Å². The van der Waals surface area contributed by atoms with Crippen molar-refractivity contribution in [3.8, 4) is 5.75 Å². The molecular weight excluding hydrogens is 236 g/mol. The zero-order chi connectivity index (χ0) is 13.8. The molecule has 0 bridgehead atoms. The summed E-state index contributed by atoms with van der Waals surface area (Å²) in [5.74, 6) is 2.44. The lowest BCUT2D eigenvalue weighted by Crippen LogP contribution is -2.29. The van der Waals surface area contributed by atoms with E-state index in [2.05, 4.69) is 24.9 Å². The van der Waals surface area contributed by atoms with Crippen molar-refractivity contribution in [3.05, 3.63) is 23.5 Å². The molecule has 1 saturated carbocycles. The molecule has 106 valence electrons. The first kappa shape index (κ1) is 14.3. The van der Waals surface area contributed by atoms with Gasteiger partial charge in [-0.15, -0.1) is 0 Å². The summed E-state index contributed by atoms with van der Waals surface area (Å²) in [7, 11) is 0. The number of hydrogen-bond donors (Lipinski definition) is 1. The second kappa shape index (κ2) is 6.38. The topological polar surface area (TPSA) is 48.1 Å². The molecule has 1 aliphatic carbocycles. The highest BCUT2D eigenvalue weighted by Gasteiger charge is 2.25. The SMILES string of the molecule is Cc1ccc(OC2CC(C)CC(C)C2)c(CCN)n1. The molecule has 2 unspecified atom stereocenters. The summed E-state index contributed by atoms with van der Waals surface area (Å²) in [4.78, 5) is 4.56. The maximum absolute atomic E-state index is 6.22. The van der Waals surface area contributed by atoms with Gasteiger partial charge in [-0.2, -0.15) is 0 Å². The molecular formula is C16H26N2O. The second-order valence-electron chi connectivity index (χ2n) is 6.09. The molecule has 3 heteroatoms. The average Bonchev–Trinajstić information content (AvgIpc) is 2.32. The summed E-state index contributed by atoms with van der Waals surface area (Å²) in [5.41, 5.74) is 7.70. The molecule has 3 nitrogen and oxygen atoms in total. The largest absolute Gasteiger partial charge is 0.489 e. The van der Waals surface area contributed by atoms with Crippen LogP contribution in [0.5, 0.6) is 5.75 Å². The van der Waals surface area contributed by atoms with Gasteiger partial charge in [0.25, 0.3) is 0 Å². The van der Waals surface area contributed by atoms with Crippen LogP contribution in [0.1, 0.15) is 44.5 Å². The van der Waals surface area contributed by atoms with Gasteiger partial charge < -0.3 is 10.5 Å². The van der Waals surface area contributed by atoms with E-state index in [4.69, 9.17) is 10.5 Å². The molecule has 2 rings (SSSR count). The number of nitrogens with two attached hydrogens (primary N) is 1. The van der Waals surface area contributed by atoms with Crippen LogP contribution in [-0.2, 0) is 6.42 Å². The third kappa shape index (κ3) is 3.93. The van der Waals surface area contributed by atoms with Gasteiger partial charge in [0.05, 0.1) is 11.8 Å². The molecule has 1 aromatic rings. The molecule has 1 heterocycles. The Morgan fingerprint density at radius 3 is 2.53 bits per heavy atom. The van der Waals surface area contributed by atoms with Gasteiger partial charge in [0.1, 0.15) is 5.75 Å². The molecule has 0 radical (unpaired) electrons. The first-order chi connectivity index (χ1) is 9.08. The van der Waals surface area contributed by atoms with Gasteiger partial charge in [-0.05, 0) is 56.7 Å². The van der Waals surface area contributed by atoms with Crippen LogP contribution >= 0.6 is 0 Å². The van der Waals surface area contributed by atoms with Crippen molar-refractivity contribution in [3.63, 3.8) is 0 Å². The van der Waals surface area contributed by atoms with Gasteiger partial charge in [-0.25, -0.2) is 0 Å². The van der Waals surface area contributed by atoms with Crippen molar-refractivity contribution in [2.24, 2.45) is 17.6 Å². The molecule has 1 aliphatic rings. The fourth-order valence-corrected chi connectivity index (χ4v) is 3.17. The van der Waals surface area contributed by atoms with Crippen molar-refractivity contribution in [1.29, 1.82) is 0 Å². The molecule has 0 aliphatic heterocycles. The minimum absolute atomic E-state index is 0.333. The number of pyridine rings is 1. The van der Waals surface area contributed by atoms with Crippen LogP contribution in [0.4, 0.5) is 0 Å². The first-order valence-corrected chi connectivity index (χ1v) is 7.41. The average molecular weight is 262 g/mol. The van der Waals surface area contributed by atoms with Gasteiger partial charge in [0.15, 0.2) is 0 Å². The van der Waals surface area contributed by atoms with E-state index in [1.807, 2.05) is 13.0 Å². The number of rotatable bonds is 4. The third-order valence-electron chi connectivity index (χ3n) is 3.88. The van der Waals surface area contributed by atoms with Gasteiger partial charge in [0, 0.05) is 12.1 Å². The second-order valence-corrected chi connectivity index (χ2v) is 6.09. The highest BCUT2D eigenvalue weighted by molar-refractivity contribution is 5.29. The normalized spacial score (nSPS) is 27.3. The van der Waals surface area contributed by atoms with Crippen LogP contribution in [0.3, 0.4) is 0 Å². The van der Waals surface area contributed by atoms with Crippen LogP contribution < -0.4 is 10.5 Å². The minimum atomic E-state index is 0.333. The van der Waals surface area contributed by atoms with Crippen LogP contribution in [0.2, 0.25) is 0 Å². The van der Waals surface area contributed by atoms with E-state index in [1.165, 1.54) is 6.42 Å². The smallest absolute Gasteiger partial charge is 0.141 e. The molecule has 0 aromatic carbocycles. The van der Waals surface area contributed by atoms with E-state index in [1.54, 1.807) is 0 Å². The Morgan fingerprint density at radius 1 is 1.21 bits per heavy atom. The summed E-state index contributed by atoms with van der Waals surface area (Å²) in [6.45, 7) is 7.26. The molecule has 0 amide bonds. The Labute approximate surface area is 116 Å². The van der Waals surface area contributed by atoms with Crippen molar-refractivity contribution in [1.82, 2.24) is 4.98 Å². The lowest BCUT2D eigenvalue weighted by Gasteiger charge is -2.32. The van der Waals surface area contributed by atoms with Crippen molar-refractivity contribution < 1.29 is 4.74 Å². The van der Waals surface area contributed by atoms with Gasteiger partial charge in [0.2, 0.25) is 0 Å². The van der Waals surface area contributed by atoms with Crippen molar-refractivity contribution in [2.45, 2.75) is 52.6 Å². The van der Waals surface area contributed by atoms with E-state index < -0.39 is 0 Å². The first-order valence-electron chi connectivity index (χ1n) is 7.41. The van der Waals surface area contributed by atoms with Crippen LogP contribution in [0.15, 0.2) is 12.1 Å². The molecule has 1 aromatic heterocycles. The fraction of sp³-hybridized carbons (Fsp3) is 0.688. The Morgan fingerprint density at radius 2 is 1.89 bits per heavy atom. The Balaban J connectivity index is 2.09. The minimum Gasteiger partial charge on any atom is -0.489 e. The zero-order valence-electron chi connectivity index (χ0n) is 12.4. The van der Waals surface area contributed by atoms with Gasteiger partial charge >= 0.3 is 0 Å². The molecule has 0 saturated heterocycles. The molecule has 2 N–H and O–H groups in total. The highest BCUT2D eigenvalue weighted by Crippen LogP contribution is 2.32. The number of aromatic nitrogens is 1. The maximum Gasteiger partial charge on any atom is 0.141 e. The molecule has 19 heavy (non-hydrogen) atoms. The predicted octanol–water partition coefficient (Wildman–Crippen LogP) is 3.09. The van der Waals surface area contributed by atoms with Crippen LogP contribution in [0, 0.1) is 18.8 Å². The summed E-state index contributed by atoms with van der Waals surface area (Å²) >= 11 is 0. The van der Waals surface area contributed by atoms with E-state index in [0.29, 0.717) is 12.6 Å². The van der Waals surface area contributed by atoms with E-state index in [0.717, 1.165) is 48.2 Å². The lowest BCUT2D eigenvalue weighted by molar-refractivity contribution is 0.0996. The number of hydrogen-bond acceptors (Lipinski definition) is 3. The van der Waals surface area contributed by atoms with Crippen molar-refractivity contribution in [2.75, 3.05) is 6.54 Å². The quantitative estimate of drug-likeness (QED) is 0.907. The van der Waals surface area contributed by atoms with Crippen LogP contribution in [-0.4, -0.2) is 17.6 Å². The van der Waals surface area contributed by atoms with Crippen LogP contribution in [0.25, 0.3) is 0 Å². The standard InChI is InChI=1S/C16H26N2O/c1-11-8-12(2)10-14(9-11)19-16-5-4-13(3)18-15(16)6-7-17/h4-5,11-12,14H,6-10,17H2,1-3H3. The number of nitrogens with zero attached hydrogens (tertiary/aromatic N) is 1. The highest BCUT2D eigenvalue weighted by atomic mass is 16.5. The summed E-state index contributed by atoms with van der Waals surface area (Å²) in [5, 5.41) is 0. The monoisotopic (exact) mass is 262 g/mol. The predicted molar refractivity (Wildman–Crippen MR) is 78.3 cm³/mol. The Kier molecular flexibility index (Phi) is 4.81. The lowest BCUT2D eigenvalue weighted by atomic mass is 9.82. The summed E-state index contributed by atoms with van der Waals surface area (Å²) in [6, 6.07) is 4.07. The zero-order valence-corrected chi connectivity index (χ0v) is 12.4. The maximum atomic E-state index is 6.22. The molecule has 2 atom stereocenters. The molecule has 0 spiro atoms. The number of aryl methyl sites for hydroxylation is 1. The fourth-order valence-electron chi connectivity index (χ4n) is 3.17. The van der Waals surface area contributed by atoms with Crippen molar-refractivity contribution >= 4 is 0 Å². The Hall–Kier alpha value is -1.09. The third-order valence-corrected chi connectivity index (χ3v) is 3.88. The summed E-state index contributed by atoms with van der Waals surface area (Å²) in [6.07, 6.45) is 4.75.